The van der Waals surface area contributed by atoms with E-state index in [0.717, 1.165) is 6.07 Å². The molecule has 3 N–H and O–H groups in total. The number of benzene rings is 2. The maximum Gasteiger partial charge on any atom is 0.256 e. The fourth-order valence-electron chi connectivity index (χ4n) is 1.85. The monoisotopic (exact) mass is 298 g/mol. The second-order valence-electron chi connectivity index (χ2n) is 4.41. The van der Waals surface area contributed by atoms with Crippen LogP contribution < -0.4 is 21.3 Å². The van der Waals surface area contributed by atoms with Crippen LogP contribution in [0, 0.1) is 0 Å². The molecule has 0 heterocycles. The molecule has 2 aromatic carbocycles. The van der Waals surface area contributed by atoms with Gasteiger partial charge in [0.05, 0.1) is 11.9 Å². The molecule has 0 aliphatic heterocycles. The quantitative estimate of drug-likeness (QED) is 0.713. The first-order chi connectivity index (χ1) is 10.4. The van der Waals surface area contributed by atoms with Crippen LogP contribution in [-0.2, 0) is 0 Å². The van der Waals surface area contributed by atoms with E-state index in [2.05, 4.69) is 5.32 Å². The van der Waals surface area contributed by atoms with Crippen molar-refractivity contribution in [2.24, 2.45) is 0 Å². The largest absolute Gasteiger partial charge is 0.545 e. The molecule has 22 heavy (non-hydrogen) atoms. The van der Waals surface area contributed by atoms with Gasteiger partial charge in [-0.15, -0.1) is 0 Å². The number of nitrogen functional groups attached to an aromatic ring is 1. The summed E-state index contributed by atoms with van der Waals surface area (Å²) in [6.07, 6.45) is 0. The molecule has 0 saturated carbocycles. The summed E-state index contributed by atoms with van der Waals surface area (Å²) in [7, 11) is 0. The lowest BCUT2D eigenvalue weighted by atomic mass is 10.1. The lowest BCUT2D eigenvalue weighted by Crippen LogP contribution is -2.27. The van der Waals surface area contributed by atoms with Crippen LogP contribution in [-0.4, -0.2) is 17.8 Å². The highest BCUT2D eigenvalue weighted by Gasteiger charge is 2.13. The van der Waals surface area contributed by atoms with Gasteiger partial charge in [-0.2, -0.15) is 0 Å². The van der Waals surface area contributed by atoms with Crippen LogP contribution in [0.3, 0.4) is 0 Å². The first-order valence-corrected chi connectivity index (χ1v) is 6.12. The number of hydrogen-bond acceptors (Lipinski definition) is 6. The molecule has 0 aliphatic carbocycles. The van der Waals surface area contributed by atoms with Crippen LogP contribution >= 0.6 is 0 Å². The Morgan fingerprint density at radius 1 is 0.909 bits per heavy atom. The van der Waals surface area contributed by atoms with Gasteiger partial charge in [0.2, 0.25) is 0 Å². The molecular formula is C15H10N2O5-2. The molecule has 0 saturated heterocycles. The second kappa shape index (κ2) is 5.96. The van der Waals surface area contributed by atoms with Crippen molar-refractivity contribution in [2.45, 2.75) is 0 Å². The first-order valence-electron chi connectivity index (χ1n) is 6.12. The van der Waals surface area contributed by atoms with E-state index < -0.39 is 17.8 Å². The number of carbonyl (C=O) groups is 3. The number of carbonyl (C=O) groups excluding carboxylic acids is 3. The lowest BCUT2D eigenvalue weighted by Gasteiger charge is -2.12. The number of hydrogen-bond donors (Lipinski definition) is 2. The average molecular weight is 298 g/mol. The van der Waals surface area contributed by atoms with Gasteiger partial charge in [0.1, 0.15) is 0 Å². The van der Waals surface area contributed by atoms with E-state index in [4.69, 9.17) is 5.73 Å². The maximum absolute atomic E-state index is 12.1. The van der Waals surface area contributed by atoms with Gasteiger partial charge in [0, 0.05) is 22.5 Å². The molecular weight excluding hydrogens is 288 g/mol. The van der Waals surface area contributed by atoms with E-state index in [1.807, 2.05) is 0 Å². The van der Waals surface area contributed by atoms with E-state index >= 15 is 0 Å². The number of nitrogens with two attached hydrogens (primary N) is 1. The fourth-order valence-corrected chi connectivity index (χ4v) is 1.85. The number of nitrogens with one attached hydrogen (secondary N) is 1. The predicted octanol–water partition coefficient (Wildman–Crippen LogP) is -0.752. The fraction of sp³-hybridized carbons (Fsp3) is 0. The Kier molecular flexibility index (Phi) is 4.08. The Labute approximate surface area is 125 Å². The van der Waals surface area contributed by atoms with Crippen molar-refractivity contribution < 1.29 is 24.6 Å². The number of anilines is 2. The Balaban J connectivity index is 2.32. The van der Waals surface area contributed by atoms with Gasteiger partial charge >= 0.3 is 0 Å². The highest BCUT2D eigenvalue weighted by atomic mass is 16.4. The maximum atomic E-state index is 12.1. The molecule has 0 aliphatic rings. The normalized spacial score (nSPS) is 10.0. The zero-order chi connectivity index (χ0) is 16.3. The van der Waals surface area contributed by atoms with E-state index in [1.165, 1.54) is 36.4 Å². The third-order valence-corrected chi connectivity index (χ3v) is 2.86. The van der Waals surface area contributed by atoms with Crippen molar-refractivity contribution in [3.05, 3.63) is 59.2 Å². The highest BCUT2D eigenvalue weighted by molar-refractivity contribution is 6.11. The van der Waals surface area contributed by atoms with Gasteiger partial charge < -0.3 is 30.9 Å². The molecule has 2 aromatic rings. The molecule has 0 spiro atoms. The van der Waals surface area contributed by atoms with E-state index in [1.54, 1.807) is 0 Å². The minimum absolute atomic E-state index is 0.116. The Bertz CT molecular complexity index is 770. The Hall–Kier alpha value is -3.35. The number of carboxylic acid groups (broad SMARTS) is 2. The first kappa shape index (κ1) is 15.0. The molecule has 0 fully saturated rings. The summed E-state index contributed by atoms with van der Waals surface area (Å²) >= 11 is 0. The van der Waals surface area contributed by atoms with Crippen molar-refractivity contribution in [1.29, 1.82) is 0 Å². The summed E-state index contributed by atoms with van der Waals surface area (Å²) in [5.74, 6) is -3.66. The molecule has 0 atom stereocenters. The molecule has 7 heteroatoms. The topological polar surface area (TPSA) is 135 Å². The third kappa shape index (κ3) is 3.21. The predicted molar refractivity (Wildman–Crippen MR) is 73.9 cm³/mol. The lowest BCUT2D eigenvalue weighted by molar-refractivity contribution is -0.256. The standard InChI is InChI=1S/C15H12N2O5/c16-9-4-5-11(12(7-9)15(21)22)13(18)17-10-3-1-2-8(6-10)14(19)20/h1-7H,16H2,(H,17,18)(H,19,20)(H,21,22)/p-2. The van der Waals surface area contributed by atoms with E-state index in [-0.39, 0.29) is 28.1 Å². The Morgan fingerprint density at radius 2 is 1.64 bits per heavy atom. The van der Waals surface area contributed by atoms with Crippen LogP contribution in [0.2, 0.25) is 0 Å². The molecule has 0 radical (unpaired) electrons. The number of aromatic carboxylic acids is 2. The molecule has 2 rings (SSSR count). The highest BCUT2D eigenvalue weighted by Crippen LogP contribution is 2.16. The molecule has 0 unspecified atom stereocenters. The third-order valence-electron chi connectivity index (χ3n) is 2.86. The van der Waals surface area contributed by atoms with Crippen LogP contribution in [0.5, 0.6) is 0 Å². The van der Waals surface area contributed by atoms with Crippen molar-refractivity contribution in [2.75, 3.05) is 11.1 Å². The Morgan fingerprint density at radius 3 is 2.27 bits per heavy atom. The minimum Gasteiger partial charge on any atom is -0.545 e. The number of rotatable bonds is 4. The second-order valence-corrected chi connectivity index (χ2v) is 4.41. The van der Waals surface area contributed by atoms with Crippen molar-refractivity contribution >= 4 is 29.2 Å². The summed E-state index contributed by atoms with van der Waals surface area (Å²) in [4.78, 5) is 33.9. The molecule has 112 valence electrons. The number of amides is 1. The van der Waals surface area contributed by atoms with E-state index in [0.29, 0.717) is 0 Å². The summed E-state index contributed by atoms with van der Waals surface area (Å²) in [5.41, 5.74) is 5.23. The zero-order valence-electron chi connectivity index (χ0n) is 11.2. The van der Waals surface area contributed by atoms with Gasteiger partial charge in [-0.05, 0) is 35.9 Å². The molecule has 0 aromatic heterocycles. The van der Waals surface area contributed by atoms with Crippen molar-refractivity contribution in [3.8, 4) is 0 Å². The van der Waals surface area contributed by atoms with Crippen molar-refractivity contribution in [1.82, 2.24) is 0 Å². The van der Waals surface area contributed by atoms with Crippen LogP contribution in [0.15, 0.2) is 42.5 Å². The molecule has 1 amide bonds. The smallest absolute Gasteiger partial charge is 0.256 e. The SMILES string of the molecule is Nc1ccc(C(=O)Nc2cccc(C(=O)[O-])c2)c(C(=O)[O-])c1. The van der Waals surface area contributed by atoms with Gasteiger partial charge in [-0.3, -0.25) is 4.79 Å². The van der Waals surface area contributed by atoms with Gasteiger partial charge in [0.25, 0.3) is 5.91 Å². The van der Waals surface area contributed by atoms with Gasteiger partial charge in [0.15, 0.2) is 0 Å². The average Bonchev–Trinajstić information content (AvgIpc) is 2.47. The van der Waals surface area contributed by atoms with Gasteiger partial charge in [-0.1, -0.05) is 12.1 Å². The van der Waals surface area contributed by atoms with Crippen molar-refractivity contribution in [3.63, 3.8) is 0 Å². The van der Waals surface area contributed by atoms with E-state index in [9.17, 15) is 24.6 Å². The number of carboxylic acids is 2. The molecule has 0 bridgehead atoms. The summed E-state index contributed by atoms with van der Waals surface area (Å²) in [6.45, 7) is 0. The van der Waals surface area contributed by atoms with Crippen LogP contribution in [0.25, 0.3) is 0 Å². The summed E-state index contributed by atoms with van der Waals surface area (Å²) < 4.78 is 0. The van der Waals surface area contributed by atoms with Gasteiger partial charge in [-0.25, -0.2) is 0 Å². The minimum atomic E-state index is -1.54. The zero-order valence-corrected chi connectivity index (χ0v) is 11.2. The van der Waals surface area contributed by atoms with Crippen LogP contribution in [0.4, 0.5) is 11.4 Å². The van der Waals surface area contributed by atoms with Crippen LogP contribution in [0.1, 0.15) is 31.1 Å². The summed E-state index contributed by atoms with van der Waals surface area (Å²) in [5, 5.41) is 24.2. The summed E-state index contributed by atoms with van der Waals surface area (Å²) in [6, 6.07) is 9.12. The molecule has 7 nitrogen and oxygen atoms in total.